The zero-order chi connectivity index (χ0) is 30.7. The molecule has 0 aliphatic carbocycles. The van der Waals surface area contributed by atoms with E-state index in [-0.39, 0.29) is 18.5 Å². The van der Waals surface area contributed by atoms with Gasteiger partial charge >= 0.3 is 13.8 Å². The maximum absolute atomic E-state index is 12.3. The molecular weight excluding hydrogens is 574 g/mol. The van der Waals surface area contributed by atoms with Crippen LogP contribution in [0.15, 0.2) is 12.7 Å². The van der Waals surface area contributed by atoms with Gasteiger partial charge in [-0.1, -0.05) is 63.7 Å². The van der Waals surface area contributed by atoms with Crippen LogP contribution in [-0.4, -0.2) is 62.9 Å². The van der Waals surface area contributed by atoms with E-state index in [0.29, 0.717) is 43.8 Å². The van der Waals surface area contributed by atoms with Gasteiger partial charge in [0.2, 0.25) is 0 Å². The molecule has 2 heterocycles. The lowest BCUT2D eigenvalue weighted by molar-refractivity contribution is -0.0697. The summed E-state index contributed by atoms with van der Waals surface area (Å²) in [5.41, 5.74) is 6.86. The Kier molecular flexibility index (Phi) is 17.0. The lowest BCUT2D eigenvalue weighted by atomic mass is 10.1. The van der Waals surface area contributed by atoms with Gasteiger partial charge in [-0.05, 0) is 26.2 Å². The summed E-state index contributed by atoms with van der Waals surface area (Å²) in [5.74, 6) is 3.77. The molecule has 2 aromatic rings. The highest BCUT2D eigenvalue weighted by atomic mass is 31.2. The molecule has 0 aliphatic heterocycles. The number of unbranched alkanes of at least 4 members (excludes halogenated alkanes) is 11. The van der Waals surface area contributed by atoms with Crippen LogP contribution in [0, 0.1) is 11.8 Å². The van der Waals surface area contributed by atoms with E-state index in [1.807, 2.05) is 0 Å². The fraction of sp³-hybridized carbons (Fsp3) is 0.750. The smallest absolute Gasteiger partial charge is 0.382 e. The van der Waals surface area contributed by atoms with Gasteiger partial charge in [-0.2, -0.15) is 13.2 Å². The van der Waals surface area contributed by atoms with Crippen molar-refractivity contribution >= 4 is 24.6 Å². The predicted octanol–water partition coefficient (Wildman–Crippen LogP) is 6.63. The molecule has 2 aromatic heterocycles. The molecule has 0 saturated carbocycles. The highest BCUT2D eigenvalue weighted by Crippen LogP contribution is 2.42. The summed E-state index contributed by atoms with van der Waals surface area (Å²) >= 11 is 0. The number of nitrogens with two attached hydrogens (primary N) is 1. The van der Waals surface area contributed by atoms with Crippen LogP contribution in [0.1, 0.15) is 90.4 Å². The Morgan fingerprint density at radius 3 is 2.24 bits per heavy atom. The van der Waals surface area contributed by atoms with Crippen LogP contribution in [-0.2, 0) is 25.1 Å². The van der Waals surface area contributed by atoms with E-state index in [1.165, 1.54) is 37.9 Å². The van der Waals surface area contributed by atoms with E-state index in [1.54, 1.807) is 17.8 Å². The molecule has 0 spiro atoms. The summed E-state index contributed by atoms with van der Waals surface area (Å²) in [5, 5.41) is 0. The number of anilines is 1. The number of fused-ring (bicyclic) bond motifs is 1. The first-order valence-corrected chi connectivity index (χ1v) is 16.5. The Hall–Kier alpha value is -2.23. The topological polar surface area (TPSA) is 135 Å². The normalized spacial score (nSPS) is 14.0. The van der Waals surface area contributed by atoms with Crippen LogP contribution in [0.25, 0.3) is 11.2 Å². The standard InChI is InChI=1S/C28H45F3N5O5P/c1-24(20-36-22-35-25-26(32)33-21-34-27(25)36)40-23-42(37,38)41-19-15-18-39-17-14-12-10-8-6-4-2-3-5-7-9-11-13-16-28(29,30)31/h21-22,24H,2-12,14-15,17-20,23H2,1H3,(H,37,38)(H2,32,33,34). The minimum Gasteiger partial charge on any atom is -0.382 e. The number of hydrogen-bond donors (Lipinski definition) is 2. The van der Waals surface area contributed by atoms with Crippen LogP contribution in [0.4, 0.5) is 19.0 Å². The summed E-state index contributed by atoms with van der Waals surface area (Å²) in [6.07, 6.45) is 10.4. The van der Waals surface area contributed by atoms with Crippen molar-refractivity contribution in [2.24, 2.45) is 0 Å². The van der Waals surface area contributed by atoms with Crippen molar-refractivity contribution in [3.05, 3.63) is 12.7 Å². The molecule has 14 heteroatoms. The lowest BCUT2D eigenvalue weighted by Crippen LogP contribution is -2.17. The molecule has 0 aliphatic rings. The van der Waals surface area contributed by atoms with Gasteiger partial charge in [0.1, 0.15) is 18.2 Å². The molecule has 10 nitrogen and oxygen atoms in total. The Morgan fingerprint density at radius 2 is 1.57 bits per heavy atom. The van der Waals surface area contributed by atoms with Crippen LogP contribution >= 0.6 is 7.60 Å². The first kappa shape index (κ1) is 36.0. The van der Waals surface area contributed by atoms with Crippen molar-refractivity contribution in [1.29, 1.82) is 0 Å². The second-order valence-corrected chi connectivity index (χ2v) is 12.1. The third kappa shape index (κ3) is 16.4. The number of aromatic nitrogens is 4. The average Bonchev–Trinajstić information content (AvgIpc) is 3.34. The van der Waals surface area contributed by atoms with Gasteiger partial charge in [0, 0.05) is 25.6 Å². The summed E-state index contributed by atoms with van der Waals surface area (Å²) in [6, 6.07) is 0. The summed E-state index contributed by atoms with van der Waals surface area (Å²) in [7, 11) is -3.88. The van der Waals surface area contributed by atoms with Crippen molar-refractivity contribution in [1.82, 2.24) is 19.5 Å². The molecule has 0 bridgehead atoms. The first-order valence-electron chi connectivity index (χ1n) is 14.7. The van der Waals surface area contributed by atoms with Gasteiger partial charge in [-0.25, -0.2) is 15.0 Å². The second-order valence-electron chi connectivity index (χ2n) is 10.3. The SMILES string of the molecule is CC(Cn1cnc2c(N)ncnc21)OCP(=O)(O)OCCCOCCCCCCCCCCCCCC#CC(F)(F)F. The average molecular weight is 620 g/mol. The number of imidazole rings is 1. The van der Waals surface area contributed by atoms with Gasteiger partial charge < -0.3 is 29.2 Å². The monoisotopic (exact) mass is 619 g/mol. The number of nitrogen functional groups attached to an aromatic ring is 1. The zero-order valence-electron chi connectivity index (χ0n) is 24.5. The molecule has 0 saturated heterocycles. The van der Waals surface area contributed by atoms with E-state index in [2.05, 4.69) is 20.9 Å². The van der Waals surface area contributed by atoms with Crippen LogP contribution in [0.3, 0.4) is 0 Å². The molecule has 3 N–H and O–H groups in total. The van der Waals surface area contributed by atoms with Crippen LogP contribution in [0.2, 0.25) is 0 Å². The molecule has 2 rings (SSSR count). The number of alkyl halides is 3. The van der Waals surface area contributed by atoms with Gasteiger partial charge in [0.15, 0.2) is 11.5 Å². The number of ether oxygens (including phenoxy) is 2. The molecule has 238 valence electrons. The first-order chi connectivity index (χ1) is 20.1. The number of rotatable bonds is 23. The molecule has 0 aromatic carbocycles. The van der Waals surface area contributed by atoms with E-state index in [0.717, 1.165) is 44.9 Å². The molecule has 2 atom stereocenters. The predicted molar refractivity (Wildman–Crippen MR) is 156 cm³/mol. The minimum absolute atomic E-state index is 0.111. The van der Waals surface area contributed by atoms with Crippen LogP contribution < -0.4 is 5.73 Å². The second kappa shape index (κ2) is 19.9. The maximum Gasteiger partial charge on any atom is 0.457 e. The lowest BCUT2D eigenvalue weighted by Gasteiger charge is -2.17. The number of halogens is 3. The van der Waals surface area contributed by atoms with Crippen molar-refractivity contribution in [3.63, 3.8) is 0 Å². The Balaban J connectivity index is 1.36. The van der Waals surface area contributed by atoms with Crippen molar-refractivity contribution in [2.75, 3.05) is 31.9 Å². The minimum atomic E-state index is -4.37. The van der Waals surface area contributed by atoms with E-state index < -0.39 is 20.1 Å². The summed E-state index contributed by atoms with van der Waals surface area (Å²) in [6.45, 7) is 3.39. The Morgan fingerprint density at radius 1 is 0.952 bits per heavy atom. The summed E-state index contributed by atoms with van der Waals surface area (Å²) in [4.78, 5) is 22.3. The highest BCUT2D eigenvalue weighted by molar-refractivity contribution is 7.52. The van der Waals surface area contributed by atoms with Crippen molar-refractivity contribution in [3.8, 4) is 11.8 Å². The van der Waals surface area contributed by atoms with Crippen molar-refractivity contribution in [2.45, 2.75) is 109 Å². The van der Waals surface area contributed by atoms with Gasteiger partial charge in [-0.3, -0.25) is 4.57 Å². The molecule has 0 radical (unpaired) electrons. The Bertz CT molecular complexity index is 1140. The van der Waals surface area contributed by atoms with E-state index in [9.17, 15) is 22.6 Å². The fourth-order valence-corrected chi connectivity index (χ4v) is 5.19. The van der Waals surface area contributed by atoms with E-state index in [4.69, 9.17) is 19.7 Å². The third-order valence-electron chi connectivity index (χ3n) is 6.45. The molecule has 0 fully saturated rings. The third-order valence-corrected chi connectivity index (χ3v) is 7.51. The summed E-state index contributed by atoms with van der Waals surface area (Å²) < 4.78 is 66.0. The van der Waals surface area contributed by atoms with Crippen molar-refractivity contribution < 1.29 is 36.6 Å². The largest absolute Gasteiger partial charge is 0.457 e. The molecule has 2 unspecified atom stereocenters. The highest BCUT2D eigenvalue weighted by Gasteiger charge is 2.23. The Labute approximate surface area is 246 Å². The van der Waals surface area contributed by atoms with Gasteiger partial charge in [0.05, 0.1) is 25.6 Å². The van der Waals surface area contributed by atoms with Gasteiger partial charge in [0.25, 0.3) is 0 Å². The van der Waals surface area contributed by atoms with Crippen LogP contribution in [0.5, 0.6) is 0 Å². The zero-order valence-corrected chi connectivity index (χ0v) is 25.4. The maximum atomic E-state index is 12.3. The number of hydrogen-bond acceptors (Lipinski definition) is 8. The fourth-order valence-electron chi connectivity index (χ4n) is 4.26. The van der Waals surface area contributed by atoms with E-state index >= 15 is 0 Å². The van der Waals surface area contributed by atoms with Gasteiger partial charge in [-0.15, -0.1) is 0 Å². The quantitative estimate of drug-likeness (QED) is 0.0799. The molecular formula is C28H45F3N5O5P. The molecule has 42 heavy (non-hydrogen) atoms. The number of nitrogens with zero attached hydrogens (tertiary/aromatic N) is 4. The molecule has 0 amide bonds.